The fourth-order valence-electron chi connectivity index (χ4n) is 4.01. The Morgan fingerprint density at radius 1 is 1.08 bits per heavy atom. The summed E-state index contributed by atoms with van der Waals surface area (Å²) in [7, 11) is -3.68. The minimum Gasteiger partial charge on any atom is -0.354 e. The van der Waals surface area contributed by atoms with Crippen molar-refractivity contribution in [3.8, 4) is 0 Å². The minimum absolute atomic E-state index is 0.0409. The fourth-order valence-corrected chi connectivity index (χ4v) is 5.41. The molecular weight excluding hydrogens is 533 g/mol. The Balaban J connectivity index is 2.24. The van der Waals surface area contributed by atoms with Gasteiger partial charge in [0.15, 0.2) is 0 Å². The molecule has 0 aromatic heterocycles. The largest absolute Gasteiger partial charge is 0.354 e. The third-order valence-corrected chi connectivity index (χ3v) is 7.57. The smallest absolute Gasteiger partial charge is 0.242 e. The van der Waals surface area contributed by atoms with Crippen LogP contribution in [0.1, 0.15) is 51.2 Å². The number of aryl methyl sites for hydroxylation is 1. The molecule has 2 amide bonds. The number of hydrogen-bond donors (Lipinski definition) is 1. The van der Waals surface area contributed by atoms with Crippen molar-refractivity contribution < 1.29 is 18.0 Å². The van der Waals surface area contributed by atoms with E-state index in [1.165, 1.54) is 12.1 Å². The topological polar surface area (TPSA) is 86.8 Å². The second-order valence-electron chi connectivity index (χ2n) is 9.61. The van der Waals surface area contributed by atoms with Crippen LogP contribution in [0.5, 0.6) is 0 Å². The summed E-state index contributed by atoms with van der Waals surface area (Å²) in [6.07, 6.45) is 1.84. The first-order valence-electron chi connectivity index (χ1n) is 12.4. The van der Waals surface area contributed by atoms with E-state index in [-0.39, 0.29) is 54.4 Å². The quantitative estimate of drug-likeness (QED) is 0.348. The van der Waals surface area contributed by atoms with Gasteiger partial charge in [0, 0.05) is 31.1 Å². The van der Waals surface area contributed by atoms with Crippen molar-refractivity contribution in [1.29, 1.82) is 0 Å². The summed E-state index contributed by atoms with van der Waals surface area (Å²) in [5.74, 6) is -0.137. The number of benzene rings is 2. The lowest BCUT2D eigenvalue weighted by atomic mass is 10.1. The third-order valence-electron chi connectivity index (χ3n) is 5.83. The van der Waals surface area contributed by atoms with Gasteiger partial charge in [-0.15, -0.1) is 0 Å². The van der Waals surface area contributed by atoms with Crippen molar-refractivity contribution in [2.45, 2.75) is 59.5 Å². The van der Waals surface area contributed by atoms with Crippen molar-refractivity contribution in [1.82, 2.24) is 10.2 Å². The highest BCUT2D eigenvalue weighted by atomic mass is 35.5. The molecule has 0 aliphatic rings. The van der Waals surface area contributed by atoms with Crippen molar-refractivity contribution in [2.75, 3.05) is 23.7 Å². The standard InChI is InChI=1S/C27H37Cl2N3O4S/c1-6-24(27(34)30-17-19(2)3)31(18-21-10-7-9-20(4)15-21)26(33)11-8-14-32(37(5,35)36)25-16-22(28)12-13-23(25)29/h7,9-10,12-13,15-16,19,24H,6,8,11,14,17-18H2,1-5H3,(H,30,34)/t24-/m0/s1. The number of amides is 2. The predicted molar refractivity (Wildman–Crippen MR) is 152 cm³/mol. The molecule has 0 bridgehead atoms. The Labute approximate surface area is 231 Å². The molecule has 204 valence electrons. The zero-order chi connectivity index (χ0) is 27.8. The zero-order valence-corrected chi connectivity index (χ0v) is 24.5. The second kappa shape index (κ2) is 14.0. The Hall–Kier alpha value is -2.29. The predicted octanol–water partition coefficient (Wildman–Crippen LogP) is 5.43. The summed E-state index contributed by atoms with van der Waals surface area (Å²) < 4.78 is 26.2. The molecule has 0 aliphatic carbocycles. The summed E-state index contributed by atoms with van der Waals surface area (Å²) in [6.45, 7) is 8.72. The van der Waals surface area contributed by atoms with Gasteiger partial charge in [-0.3, -0.25) is 13.9 Å². The van der Waals surface area contributed by atoms with E-state index in [1.54, 1.807) is 11.0 Å². The molecule has 1 atom stereocenters. The number of rotatable bonds is 13. The van der Waals surface area contributed by atoms with Crippen molar-refractivity contribution in [3.05, 3.63) is 63.6 Å². The van der Waals surface area contributed by atoms with Gasteiger partial charge in [-0.2, -0.15) is 0 Å². The van der Waals surface area contributed by atoms with E-state index in [4.69, 9.17) is 23.2 Å². The summed E-state index contributed by atoms with van der Waals surface area (Å²) in [4.78, 5) is 28.1. The van der Waals surface area contributed by atoms with Crippen molar-refractivity contribution in [3.63, 3.8) is 0 Å². The van der Waals surface area contributed by atoms with E-state index in [0.717, 1.165) is 21.7 Å². The van der Waals surface area contributed by atoms with E-state index in [2.05, 4.69) is 5.32 Å². The van der Waals surface area contributed by atoms with Gasteiger partial charge in [-0.1, -0.05) is 73.8 Å². The molecule has 10 heteroatoms. The molecule has 0 saturated heterocycles. The van der Waals surface area contributed by atoms with Gasteiger partial charge >= 0.3 is 0 Å². The van der Waals surface area contributed by atoms with E-state index < -0.39 is 16.1 Å². The van der Waals surface area contributed by atoms with Crippen LogP contribution in [0.2, 0.25) is 10.0 Å². The number of nitrogens with one attached hydrogen (secondary N) is 1. The molecule has 0 unspecified atom stereocenters. The molecule has 37 heavy (non-hydrogen) atoms. The molecule has 0 saturated carbocycles. The van der Waals surface area contributed by atoms with Gasteiger partial charge in [-0.05, 0) is 49.4 Å². The van der Waals surface area contributed by atoms with Crippen LogP contribution < -0.4 is 9.62 Å². The average Bonchev–Trinajstić information content (AvgIpc) is 2.81. The Morgan fingerprint density at radius 3 is 2.38 bits per heavy atom. The lowest BCUT2D eigenvalue weighted by Gasteiger charge is -2.31. The highest BCUT2D eigenvalue weighted by Gasteiger charge is 2.29. The number of halogens is 2. The molecule has 7 nitrogen and oxygen atoms in total. The molecule has 0 aliphatic heterocycles. The lowest BCUT2D eigenvalue weighted by Crippen LogP contribution is -2.49. The van der Waals surface area contributed by atoms with Gasteiger partial charge in [0.25, 0.3) is 0 Å². The Kier molecular flexibility index (Phi) is 11.7. The zero-order valence-electron chi connectivity index (χ0n) is 22.1. The van der Waals surface area contributed by atoms with Crippen LogP contribution in [-0.4, -0.2) is 50.5 Å². The number of hydrogen-bond acceptors (Lipinski definition) is 4. The number of nitrogens with zero attached hydrogens (tertiary/aromatic N) is 2. The molecular formula is C27H37Cl2N3O4S. The number of sulfonamides is 1. The van der Waals surface area contributed by atoms with E-state index in [9.17, 15) is 18.0 Å². The van der Waals surface area contributed by atoms with Crippen LogP contribution in [0.4, 0.5) is 5.69 Å². The maximum atomic E-state index is 13.5. The first kappa shape index (κ1) is 30.9. The van der Waals surface area contributed by atoms with Gasteiger partial charge in [-0.25, -0.2) is 8.42 Å². The average molecular weight is 571 g/mol. The first-order chi connectivity index (χ1) is 17.3. The van der Waals surface area contributed by atoms with E-state index in [1.807, 2.05) is 52.0 Å². The molecule has 0 fully saturated rings. The van der Waals surface area contributed by atoms with Gasteiger partial charge in [0.2, 0.25) is 21.8 Å². The molecule has 0 radical (unpaired) electrons. The van der Waals surface area contributed by atoms with Crippen LogP contribution in [0.3, 0.4) is 0 Å². The lowest BCUT2D eigenvalue weighted by molar-refractivity contribution is -0.141. The molecule has 2 aromatic rings. The highest BCUT2D eigenvalue weighted by Crippen LogP contribution is 2.31. The molecule has 2 aromatic carbocycles. The minimum atomic E-state index is -3.68. The molecule has 2 rings (SSSR count). The van der Waals surface area contributed by atoms with Crippen molar-refractivity contribution >= 4 is 50.7 Å². The maximum absolute atomic E-state index is 13.5. The third kappa shape index (κ3) is 9.51. The number of carbonyl (C=O) groups excluding carboxylic acids is 2. The van der Waals surface area contributed by atoms with E-state index >= 15 is 0 Å². The number of anilines is 1. The summed E-state index contributed by atoms with van der Waals surface area (Å²) >= 11 is 12.3. The number of carbonyl (C=O) groups is 2. The van der Waals surface area contributed by atoms with Crippen LogP contribution in [-0.2, 0) is 26.2 Å². The van der Waals surface area contributed by atoms with Crippen LogP contribution >= 0.6 is 23.2 Å². The van der Waals surface area contributed by atoms with Crippen LogP contribution in [0, 0.1) is 12.8 Å². The summed E-state index contributed by atoms with van der Waals surface area (Å²) in [5.41, 5.74) is 2.25. The van der Waals surface area contributed by atoms with Crippen molar-refractivity contribution in [2.24, 2.45) is 5.92 Å². The molecule has 0 heterocycles. The van der Waals surface area contributed by atoms with Gasteiger partial charge < -0.3 is 10.2 Å². The SMILES string of the molecule is CC[C@@H](C(=O)NCC(C)C)N(Cc1cccc(C)c1)C(=O)CCCN(c1cc(Cl)ccc1Cl)S(C)(=O)=O. The monoisotopic (exact) mass is 569 g/mol. The Bertz CT molecular complexity index is 1190. The van der Waals surface area contributed by atoms with Gasteiger partial charge in [0.1, 0.15) is 6.04 Å². The van der Waals surface area contributed by atoms with E-state index in [0.29, 0.717) is 18.0 Å². The van der Waals surface area contributed by atoms with Crippen LogP contribution in [0.25, 0.3) is 0 Å². The molecule has 0 spiro atoms. The van der Waals surface area contributed by atoms with Gasteiger partial charge in [0.05, 0.1) is 17.0 Å². The second-order valence-corrected chi connectivity index (χ2v) is 12.4. The highest BCUT2D eigenvalue weighted by molar-refractivity contribution is 7.92. The summed E-state index contributed by atoms with van der Waals surface area (Å²) in [6, 6.07) is 11.8. The normalized spacial score (nSPS) is 12.3. The fraction of sp³-hybridized carbons (Fsp3) is 0.481. The summed E-state index contributed by atoms with van der Waals surface area (Å²) in [5, 5.41) is 3.54. The first-order valence-corrected chi connectivity index (χ1v) is 15.0. The van der Waals surface area contributed by atoms with Crippen LogP contribution in [0.15, 0.2) is 42.5 Å². The Morgan fingerprint density at radius 2 is 1.78 bits per heavy atom. The molecule has 1 N–H and O–H groups in total. The maximum Gasteiger partial charge on any atom is 0.242 e.